The minimum absolute atomic E-state index is 0.0561. The lowest BCUT2D eigenvalue weighted by Crippen LogP contribution is -2.29. The summed E-state index contributed by atoms with van der Waals surface area (Å²) in [6.45, 7) is 2.22. The fourth-order valence-corrected chi connectivity index (χ4v) is 4.71. The fourth-order valence-electron chi connectivity index (χ4n) is 4.71. The van der Waals surface area contributed by atoms with Gasteiger partial charge in [0.1, 0.15) is 23.4 Å². The van der Waals surface area contributed by atoms with Gasteiger partial charge in [-0.15, -0.1) is 0 Å². The molecule has 0 aromatic heterocycles. The molecule has 2 heterocycles. The number of rotatable bonds is 5. The average molecular weight is 456 g/mol. The van der Waals surface area contributed by atoms with Crippen molar-refractivity contribution >= 4 is 17.4 Å². The molecule has 172 valence electrons. The van der Waals surface area contributed by atoms with Gasteiger partial charge in [-0.05, 0) is 53.9 Å². The molecule has 1 saturated heterocycles. The van der Waals surface area contributed by atoms with Crippen LogP contribution in [0.2, 0.25) is 0 Å². The first-order chi connectivity index (χ1) is 16.5. The first-order valence-electron chi connectivity index (χ1n) is 11.2. The Morgan fingerprint density at radius 2 is 1.85 bits per heavy atom. The smallest absolute Gasteiger partial charge is 0.295 e. The molecule has 3 aromatic rings. The maximum atomic E-state index is 13.3. The van der Waals surface area contributed by atoms with Crippen molar-refractivity contribution in [3.63, 3.8) is 0 Å². The maximum absolute atomic E-state index is 13.3. The molecule has 34 heavy (non-hydrogen) atoms. The van der Waals surface area contributed by atoms with Crippen LogP contribution in [0, 0.1) is 0 Å². The summed E-state index contributed by atoms with van der Waals surface area (Å²) in [4.78, 5) is 28.0. The number of methoxy groups -OCH3 is 1. The van der Waals surface area contributed by atoms with Crippen molar-refractivity contribution in [1.82, 2.24) is 4.90 Å². The molecule has 0 bridgehead atoms. The summed E-state index contributed by atoms with van der Waals surface area (Å²) in [5, 5.41) is 11.4. The Labute approximate surface area is 198 Å². The number of benzene rings is 3. The minimum atomic E-state index is -0.751. The summed E-state index contributed by atoms with van der Waals surface area (Å²) >= 11 is 0. The summed E-state index contributed by atoms with van der Waals surface area (Å²) in [5.41, 5.74) is 3.10. The van der Waals surface area contributed by atoms with Gasteiger partial charge in [0.25, 0.3) is 11.7 Å². The van der Waals surface area contributed by atoms with Crippen molar-refractivity contribution in [2.24, 2.45) is 0 Å². The Hall–Kier alpha value is -4.06. The second-order valence-electron chi connectivity index (χ2n) is 8.64. The van der Waals surface area contributed by atoms with E-state index < -0.39 is 17.7 Å². The highest BCUT2D eigenvalue weighted by atomic mass is 16.5. The molecule has 0 unspecified atom stereocenters. The summed E-state index contributed by atoms with van der Waals surface area (Å²) in [7, 11) is 1.56. The SMILES string of the molecule is COc1cccc([C@@H]2C(=C(O)c3ccc4c(c3)C[C@@H](C)O4)C(=O)C(=O)N2Cc2ccccc2)c1. The number of amides is 1. The van der Waals surface area contributed by atoms with Gasteiger partial charge in [-0.1, -0.05) is 42.5 Å². The van der Waals surface area contributed by atoms with Gasteiger partial charge in [-0.25, -0.2) is 0 Å². The van der Waals surface area contributed by atoms with Crippen LogP contribution >= 0.6 is 0 Å². The molecule has 0 radical (unpaired) electrons. The first kappa shape index (κ1) is 21.8. The number of carbonyl (C=O) groups is 2. The highest BCUT2D eigenvalue weighted by Gasteiger charge is 2.46. The van der Waals surface area contributed by atoms with Crippen LogP contribution in [0.5, 0.6) is 11.5 Å². The molecule has 5 rings (SSSR count). The van der Waals surface area contributed by atoms with Crippen molar-refractivity contribution in [2.75, 3.05) is 7.11 Å². The first-order valence-corrected chi connectivity index (χ1v) is 11.2. The molecule has 0 saturated carbocycles. The molecule has 1 amide bonds. The molecule has 2 aliphatic rings. The molecule has 2 aliphatic heterocycles. The van der Waals surface area contributed by atoms with Crippen molar-refractivity contribution in [1.29, 1.82) is 0 Å². The molecule has 2 atom stereocenters. The largest absolute Gasteiger partial charge is 0.507 e. The number of ketones is 1. The summed E-state index contributed by atoms with van der Waals surface area (Å²) in [5.74, 6) is -0.156. The number of likely N-dealkylation sites (tertiary alicyclic amines) is 1. The van der Waals surface area contributed by atoms with Crippen LogP contribution in [0.15, 0.2) is 78.4 Å². The molecule has 1 fully saturated rings. The van der Waals surface area contributed by atoms with Crippen molar-refractivity contribution < 1.29 is 24.2 Å². The third-order valence-electron chi connectivity index (χ3n) is 6.31. The predicted octanol–water partition coefficient (Wildman–Crippen LogP) is 4.64. The van der Waals surface area contributed by atoms with E-state index in [1.54, 1.807) is 31.4 Å². The van der Waals surface area contributed by atoms with E-state index in [1.165, 1.54) is 4.90 Å². The molecule has 6 nitrogen and oxygen atoms in total. The van der Waals surface area contributed by atoms with Gasteiger partial charge >= 0.3 is 0 Å². The molecule has 0 aliphatic carbocycles. The van der Waals surface area contributed by atoms with E-state index in [4.69, 9.17) is 9.47 Å². The summed E-state index contributed by atoms with van der Waals surface area (Å²) in [6, 6.07) is 21.3. The standard InChI is InChI=1S/C28H25NO5/c1-17-13-21-14-20(11-12-23(21)34-17)26(30)24-25(19-9-6-10-22(15-19)33-2)29(28(32)27(24)31)16-18-7-4-3-5-8-18/h3-12,14-15,17,25,30H,13,16H2,1-2H3/t17-,25-/m1/s1. The highest BCUT2D eigenvalue weighted by Crippen LogP contribution is 2.42. The van der Waals surface area contributed by atoms with E-state index in [-0.39, 0.29) is 24.0 Å². The van der Waals surface area contributed by atoms with Crippen molar-refractivity contribution in [3.05, 3.63) is 101 Å². The van der Waals surface area contributed by atoms with Gasteiger partial charge in [0.2, 0.25) is 0 Å². The number of aliphatic hydroxyl groups is 1. The Kier molecular flexibility index (Phi) is 5.57. The quantitative estimate of drug-likeness (QED) is 0.345. The van der Waals surface area contributed by atoms with Gasteiger partial charge in [0.05, 0.1) is 18.7 Å². The molecule has 6 heteroatoms. The van der Waals surface area contributed by atoms with E-state index in [0.29, 0.717) is 16.9 Å². The van der Waals surface area contributed by atoms with E-state index in [0.717, 1.165) is 23.3 Å². The number of fused-ring (bicyclic) bond motifs is 1. The van der Waals surface area contributed by atoms with E-state index in [9.17, 15) is 14.7 Å². The van der Waals surface area contributed by atoms with Crippen LogP contribution in [0.4, 0.5) is 0 Å². The molecular weight excluding hydrogens is 430 g/mol. The number of hydrogen-bond acceptors (Lipinski definition) is 5. The normalized spacial score (nSPS) is 20.8. The lowest BCUT2D eigenvalue weighted by atomic mass is 9.94. The Balaban J connectivity index is 1.64. The van der Waals surface area contributed by atoms with E-state index >= 15 is 0 Å². The molecule has 1 N–H and O–H groups in total. The zero-order valence-electron chi connectivity index (χ0n) is 19.0. The minimum Gasteiger partial charge on any atom is -0.507 e. The average Bonchev–Trinajstić information content (AvgIpc) is 3.35. The zero-order valence-corrected chi connectivity index (χ0v) is 19.0. The maximum Gasteiger partial charge on any atom is 0.295 e. The lowest BCUT2D eigenvalue weighted by Gasteiger charge is -2.25. The molecule has 0 spiro atoms. The van der Waals surface area contributed by atoms with Crippen molar-refractivity contribution in [2.45, 2.75) is 32.0 Å². The Bertz CT molecular complexity index is 1300. The second-order valence-corrected chi connectivity index (χ2v) is 8.64. The van der Waals surface area contributed by atoms with E-state index in [1.807, 2.05) is 55.5 Å². The number of carbonyl (C=O) groups excluding carboxylic acids is 2. The second kappa shape index (κ2) is 8.71. The number of nitrogens with zero attached hydrogens (tertiary/aromatic N) is 1. The molecular formula is C28H25NO5. The zero-order chi connectivity index (χ0) is 23.8. The monoisotopic (exact) mass is 455 g/mol. The van der Waals surface area contributed by atoms with Gasteiger partial charge in [-0.3, -0.25) is 9.59 Å². The highest BCUT2D eigenvalue weighted by molar-refractivity contribution is 6.46. The third kappa shape index (κ3) is 3.81. The Morgan fingerprint density at radius 3 is 2.62 bits per heavy atom. The number of Topliss-reactive ketones (excluding diaryl/α,β-unsaturated/α-hetero) is 1. The van der Waals surface area contributed by atoms with Gasteiger partial charge in [0, 0.05) is 18.5 Å². The Morgan fingerprint density at radius 1 is 1.06 bits per heavy atom. The number of hydrogen-bond donors (Lipinski definition) is 1. The predicted molar refractivity (Wildman–Crippen MR) is 128 cm³/mol. The van der Waals surface area contributed by atoms with Gasteiger partial charge in [-0.2, -0.15) is 0 Å². The van der Waals surface area contributed by atoms with Crippen LogP contribution in [-0.2, 0) is 22.6 Å². The van der Waals surface area contributed by atoms with Crippen molar-refractivity contribution in [3.8, 4) is 11.5 Å². The molecule has 3 aromatic carbocycles. The van der Waals surface area contributed by atoms with Crippen LogP contribution in [-0.4, -0.2) is 34.9 Å². The topological polar surface area (TPSA) is 76.1 Å². The van der Waals surface area contributed by atoms with Crippen LogP contribution in [0.1, 0.15) is 35.2 Å². The van der Waals surface area contributed by atoms with Crippen LogP contribution in [0.25, 0.3) is 5.76 Å². The van der Waals surface area contributed by atoms with Crippen LogP contribution < -0.4 is 9.47 Å². The lowest BCUT2D eigenvalue weighted by molar-refractivity contribution is -0.140. The summed E-state index contributed by atoms with van der Waals surface area (Å²) in [6.07, 6.45) is 0.776. The van der Waals surface area contributed by atoms with Gasteiger partial charge in [0.15, 0.2) is 0 Å². The third-order valence-corrected chi connectivity index (χ3v) is 6.31. The number of ether oxygens (including phenoxy) is 2. The fraction of sp³-hybridized carbons (Fsp3) is 0.214. The number of aliphatic hydroxyl groups excluding tert-OH is 1. The van der Waals surface area contributed by atoms with E-state index in [2.05, 4.69) is 0 Å². The van der Waals surface area contributed by atoms with Gasteiger partial charge < -0.3 is 19.5 Å². The van der Waals surface area contributed by atoms with Crippen LogP contribution in [0.3, 0.4) is 0 Å². The summed E-state index contributed by atoms with van der Waals surface area (Å²) < 4.78 is 11.1.